The van der Waals surface area contributed by atoms with Crippen molar-refractivity contribution in [3.63, 3.8) is 0 Å². The van der Waals surface area contributed by atoms with Crippen LogP contribution in [0, 0.1) is 15.5 Å². The number of benzene rings is 1. The Kier molecular flexibility index (Phi) is 8.94. The minimum absolute atomic E-state index is 0. The number of hydrogen-bond donors (Lipinski definition) is 0. The summed E-state index contributed by atoms with van der Waals surface area (Å²) in [6, 6.07) is 8.19. The summed E-state index contributed by atoms with van der Waals surface area (Å²) >= 11 is 1.74. The molecular formula is C16H14F3INO2Y-. The van der Waals surface area contributed by atoms with Crippen molar-refractivity contribution in [2.24, 2.45) is 0 Å². The molecular weight excluding hydrogens is 511 g/mol. The maximum absolute atomic E-state index is 14.3. The third kappa shape index (κ3) is 5.29. The first-order valence-electron chi connectivity index (χ1n) is 6.96. The molecule has 1 aromatic heterocycles. The zero-order valence-corrected chi connectivity index (χ0v) is 17.9. The zero-order valence-electron chi connectivity index (χ0n) is 12.9. The van der Waals surface area contributed by atoms with Gasteiger partial charge in [-0.1, -0.05) is 18.2 Å². The second kappa shape index (κ2) is 9.92. The first kappa shape index (κ1) is 21.6. The summed E-state index contributed by atoms with van der Waals surface area (Å²) in [6.07, 6.45) is -1.95. The monoisotopic (exact) mass is 525 g/mol. The van der Waals surface area contributed by atoms with E-state index in [9.17, 15) is 18.0 Å². The summed E-state index contributed by atoms with van der Waals surface area (Å²) in [5.74, 6) is -0.306. The van der Waals surface area contributed by atoms with E-state index in [1.54, 1.807) is 22.6 Å². The second-order valence-electron chi connectivity index (χ2n) is 4.78. The minimum Gasteiger partial charge on any atom is -0.494 e. The predicted molar refractivity (Wildman–Crippen MR) is 89.4 cm³/mol. The van der Waals surface area contributed by atoms with Crippen molar-refractivity contribution in [2.75, 3.05) is 6.61 Å². The Morgan fingerprint density at radius 2 is 2.08 bits per heavy atom. The van der Waals surface area contributed by atoms with Gasteiger partial charge >= 0.3 is 0 Å². The van der Waals surface area contributed by atoms with Gasteiger partial charge in [0.05, 0.1) is 19.0 Å². The molecule has 1 heterocycles. The Labute approximate surface area is 176 Å². The third-order valence-corrected chi connectivity index (χ3v) is 3.82. The van der Waals surface area contributed by atoms with E-state index in [0.29, 0.717) is 12.4 Å². The van der Waals surface area contributed by atoms with Gasteiger partial charge in [-0.05, 0) is 16.1 Å². The topological polar surface area (TPSA) is 31.2 Å². The molecule has 2 rings (SSSR count). The Hall–Kier alpha value is -0.406. The fourth-order valence-corrected chi connectivity index (χ4v) is 2.48. The summed E-state index contributed by atoms with van der Waals surface area (Å²) in [5.41, 5.74) is -0.566. The van der Waals surface area contributed by atoms with E-state index in [4.69, 9.17) is 4.74 Å². The molecule has 0 fully saturated rings. The molecule has 0 aliphatic heterocycles. The van der Waals surface area contributed by atoms with Crippen LogP contribution < -0.4 is 10.3 Å². The molecule has 0 unspecified atom stereocenters. The first-order chi connectivity index (χ1) is 10.9. The van der Waals surface area contributed by atoms with Gasteiger partial charge in [-0.25, -0.2) is 13.2 Å². The Morgan fingerprint density at radius 1 is 1.38 bits per heavy atom. The average molecular weight is 525 g/mol. The molecule has 3 nitrogen and oxygen atoms in total. The molecule has 0 amide bonds. The first-order valence-corrected chi connectivity index (χ1v) is 8.03. The fraction of sp³-hybridized carbons (Fsp3) is 0.312. The van der Waals surface area contributed by atoms with Crippen molar-refractivity contribution in [1.29, 1.82) is 0 Å². The number of aromatic nitrogens is 1. The van der Waals surface area contributed by atoms with Crippen LogP contribution in [0.3, 0.4) is 0 Å². The number of alkyl halides is 2. The van der Waals surface area contributed by atoms with E-state index in [1.165, 1.54) is 24.3 Å². The summed E-state index contributed by atoms with van der Waals surface area (Å²) in [7, 11) is 0. The minimum atomic E-state index is -2.73. The number of pyridine rings is 1. The van der Waals surface area contributed by atoms with Crippen LogP contribution in [0.5, 0.6) is 5.75 Å². The van der Waals surface area contributed by atoms with Crippen LogP contribution >= 0.6 is 22.6 Å². The van der Waals surface area contributed by atoms with Crippen LogP contribution in [0.4, 0.5) is 13.2 Å². The fourth-order valence-electron chi connectivity index (χ4n) is 2.03. The normalized spacial score (nSPS) is 10.6. The standard InChI is InChI=1S/C16H14F3INO2.Y/c1-2-7-23-10-3-4-11(12(17)8-10)14-6-5-13(20)16(22)21(14)9-15(18)19;/h3-5,8,15H,2,7,9H2,1H3;/q-1;. The van der Waals surface area contributed by atoms with Crippen LogP contribution in [0.2, 0.25) is 0 Å². The molecule has 0 saturated heterocycles. The molecule has 0 bridgehead atoms. The maximum atomic E-state index is 14.3. The Morgan fingerprint density at radius 3 is 2.67 bits per heavy atom. The number of halogens is 4. The van der Waals surface area contributed by atoms with Crippen molar-refractivity contribution in [3.8, 4) is 17.0 Å². The van der Waals surface area contributed by atoms with Crippen LogP contribution in [-0.2, 0) is 39.3 Å². The predicted octanol–water partition coefficient (Wildman–Crippen LogP) is 4.11. The largest absolute Gasteiger partial charge is 0.494 e. The van der Waals surface area contributed by atoms with Crippen LogP contribution in [-0.4, -0.2) is 17.6 Å². The molecule has 2 aromatic rings. The van der Waals surface area contributed by atoms with Gasteiger partial charge in [0, 0.05) is 38.8 Å². The molecule has 0 N–H and O–H groups in total. The van der Waals surface area contributed by atoms with Crippen molar-refractivity contribution in [3.05, 3.63) is 50.1 Å². The van der Waals surface area contributed by atoms with Gasteiger partial charge in [0.2, 0.25) is 5.56 Å². The molecule has 0 aliphatic carbocycles. The Bertz CT molecular complexity index is 753. The Balaban J connectivity index is 0.00000288. The van der Waals surface area contributed by atoms with Crippen molar-refractivity contribution < 1.29 is 50.6 Å². The van der Waals surface area contributed by atoms with Gasteiger partial charge in [-0.2, -0.15) is 12.1 Å². The van der Waals surface area contributed by atoms with Crippen molar-refractivity contribution >= 4 is 22.6 Å². The van der Waals surface area contributed by atoms with Crippen molar-refractivity contribution in [1.82, 2.24) is 4.57 Å². The number of ether oxygens (including phenoxy) is 1. The van der Waals surface area contributed by atoms with Gasteiger partial charge in [0.25, 0.3) is 6.43 Å². The number of hydrogen-bond acceptors (Lipinski definition) is 2. The summed E-state index contributed by atoms with van der Waals surface area (Å²) in [5, 5.41) is 0. The molecule has 0 atom stereocenters. The van der Waals surface area contributed by atoms with Crippen LogP contribution in [0.15, 0.2) is 29.1 Å². The van der Waals surface area contributed by atoms with Gasteiger partial charge in [-0.3, -0.25) is 4.79 Å². The van der Waals surface area contributed by atoms with Gasteiger partial charge < -0.3 is 9.30 Å². The second-order valence-corrected chi connectivity index (χ2v) is 5.94. The number of rotatable bonds is 6. The van der Waals surface area contributed by atoms with E-state index in [2.05, 4.69) is 6.07 Å². The summed E-state index contributed by atoms with van der Waals surface area (Å²) in [4.78, 5) is 12.1. The van der Waals surface area contributed by atoms with Crippen LogP contribution in [0.25, 0.3) is 11.3 Å². The molecule has 0 aliphatic rings. The summed E-state index contributed by atoms with van der Waals surface area (Å²) < 4.78 is 46.2. The van der Waals surface area contributed by atoms with E-state index in [1.807, 2.05) is 6.92 Å². The summed E-state index contributed by atoms with van der Waals surface area (Å²) in [6.45, 7) is 1.56. The molecule has 24 heavy (non-hydrogen) atoms. The van der Waals surface area contributed by atoms with Crippen molar-refractivity contribution in [2.45, 2.75) is 26.3 Å². The maximum Gasteiger partial charge on any atom is 0.256 e. The smallest absolute Gasteiger partial charge is 0.256 e. The average Bonchev–Trinajstić information content (AvgIpc) is 2.50. The number of nitrogens with zero attached hydrogens (tertiary/aromatic N) is 1. The molecule has 1 aromatic carbocycles. The van der Waals surface area contributed by atoms with E-state index in [0.717, 1.165) is 11.0 Å². The van der Waals surface area contributed by atoms with E-state index < -0.39 is 24.3 Å². The molecule has 127 valence electrons. The molecule has 0 saturated carbocycles. The molecule has 8 heteroatoms. The zero-order chi connectivity index (χ0) is 17.0. The third-order valence-electron chi connectivity index (χ3n) is 3.04. The molecule has 1 radical (unpaired) electrons. The molecule has 0 spiro atoms. The van der Waals surface area contributed by atoms with E-state index >= 15 is 0 Å². The van der Waals surface area contributed by atoms with Crippen LogP contribution in [0.1, 0.15) is 13.3 Å². The van der Waals surface area contributed by atoms with Gasteiger partial charge in [-0.15, -0.1) is 28.7 Å². The quantitative estimate of drug-likeness (QED) is 0.421. The SMILES string of the molecule is CCCOc1ccc(-c2[c-]cc(I)c(=O)n2CC(F)F)c(F)c1.[Y]. The van der Waals surface area contributed by atoms with E-state index in [-0.39, 0.29) is 47.5 Å². The van der Waals surface area contributed by atoms with Gasteiger partial charge in [0.15, 0.2) is 0 Å². The van der Waals surface area contributed by atoms with Gasteiger partial charge in [0.1, 0.15) is 5.75 Å².